The predicted molar refractivity (Wildman–Crippen MR) is 154 cm³/mol. The molecule has 6 heteroatoms. The first-order valence-electron chi connectivity index (χ1n) is 10.9. The summed E-state index contributed by atoms with van der Waals surface area (Å²) in [6, 6.07) is 0.213. The maximum Gasteiger partial charge on any atom is 0.119 e. The molecular formula is C27H53N3O3. The summed E-state index contributed by atoms with van der Waals surface area (Å²) < 4.78 is 0. The molecule has 0 aromatic heterocycles. The number of aliphatic hydroxyl groups is 1. The number of hydrogen-bond donors (Lipinski definition) is 1. The molecule has 0 aromatic carbocycles. The van der Waals surface area contributed by atoms with Crippen molar-refractivity contribution < 1.29 is 15.4 Å². The number of carbonyl (C=O) groups is 1. The summed E-state index contributed by atoms with van der Waals surface area (Å²) in [6.07, 6.45) is 18.3. The Bertz CT molecular complexity index is 430. The molecule has 0 aromatic rings. The van der Waals surface area contributed by atoms with Crippen LogP contribution in [0, 0.1) is 0 Å². The van der Waals surface area contributed by atoms with E-state index in [0.717, 1.165) is 38.5 Å². The molecule has 0 saturated heterocycles. The van der Waals surface area contributed by atoms with E-state index in [0.29, 0.717) is 13.0 Å². The Labute approximate surface area is 205 Å². The second-order valence-corrected chi connectivity index (χ2v) is 5.61. The quantitative estimate of drug-likeness (QED) is 0.163. The summed E-state index contributed by atoms with van der Waals surface area (Å²) in [5, 5.41) is 8.07. The highest BCUT2D eigenvalue weighted by molar-refractivity contribution is 5.48. The molecule has 1 unspecified atom stereocenters. The number of nitrogens with zero attached hydrogens (tertiary/aromatic N) is 3. The first-order chi connectivity index (χ1) is 15.4. The van der Waals surface area contributed by atoms with Crippen LogP contribution in [-0.4, -0.2) is 56.2 Å². The fraction of sp³-hybridized carbons (Fsp3) is 0.481. The van der Waals surface area contributed by atoms with Gasteiger partial charge in [-0.1, -0.05) is 76.8 Å². The topological polar surface area (TPSA) is 106 Å². The lowest BCUT2D eigenvalue weighted by Crippen LogP contribution is -1.85. The molecule has 0 aliphatic rings. The number of aldehydes is 1. The van der Waals surface area contributed by atoms with Gasteiger partial charge in [0.1, 0.15) is 6.29 Å². The van der Waals surface area contributed by atoms with E-state index < -0.39 is 0 Å². The van der Waals surface area contributed by atoms with Gasteiger partial charge in [-0.25, -0.2) is 0 Å². The molecule has 0 heterocycles. The highest BCUT2D eigenvalue weighted by atomic mass is 16.2. The van der Waals surface area contributed by atoms with Crippen LogP contribution in [0.4, 0.5) is 0 Å². The third-order valence-corrected chi connectivity index (χ3v) is 2.63. The lowest BCUT2D eigenvalue weighted by atomic mass is 10.4. The molecule has 6 nitrogen and oxygen atoms in total. The Hall–Kier alpha value is -2.70. The molecule has 0 aliphatic heterocycles. The van der Waals surface area contributed by atoms with E-state index in [1.54, 1.807) is 24.4 Å². The van der Waals surface area contributed by atoms with Gasteiger partial charge in [0.05, 0.1) is 12.6 Å². The van der Waals surface area contributed by atoms with E-state index >= 15 is 0 Å². The van der Waals surface area contributed by atoms with Gasteiger partial charge in [-0.3, -0.25) is 15.0 Å². The standard InChI is InChI=1S/3C5H9N.C4H10O.C4H8O.C4H6.H2O/c1-4-5(2)6-3;2*1-3-4-5-6-2;2*1-2-3-4-5;1-3-4-2;/h4-5H,1,3H2,2H3;4-5H,2-3H2,1H3;3-4H,2,5H2,1H3;5H,2-4H2,1H3;4H,2-3H2,1H3;3-4H,1-2H2;1H2/b;5-4+;4-3+;;;;. The van der Waals surface area contributed by atoms with Gasteiger partial charge in [-0.15, -0.1) is 6.58 Å². The minimum atomic E-state index is 0. The maximum absolute atomic E-state index is 9.40. The van der Waals surface area contributed by atoms with Crippen LogP contribution < -0.4 is 0 Å². The molecule has 33 heavy (non-hydrogen) atoms. The summed E-state index contributed by atoms with van der Waals surface area (Å²) in [6.45, 7) is 31.2. The van der Waals surface area contributed by atoms with Crippen molar-refractivity contribution in [1.82, 2.24) is 0 Å². The van der Waals surface area contributed by atoms with Gasteiger partial charge in [0.15, 0.2) is 0 Å². The molecule has 0 bridgehead atoms. The van der Waals surface area contributed by atoms with Gasteiger partial charge < -0.3 is 15.4 Å². The zero-order chi connectivity index (χ0) is 26.3. The Kier molecular flexibility index (Phi) is 102. The fourth-order valence-corrected chi connectivity index (χ4v) is 0.710. The first-order valence-corrected chi connectivity index (χ1v) is 10.9. The minimum absolute atomic E-state index is 0. The van der Waals surface area contributed by atoms with Gasteiger partial charge in [0, 0.05) is 19.2 Å². The van der Waals surface area contributed by atoms with Crippen LogP contribution in [0.2, 0.25) is 0 Å². The van der Waals surface area contributed by atoms with E-state index in [9.17, 15) is 4.79 Å². The summed E-state index contributed by atoms with van der Waals surface area (Å²) in [5.41, 5.74) is 0. The third kappa shape index (κ3) is 144. The van der Waals surface area contributed by atoms with Gasteiger partial charge in [0.2, 0.25) is 0 Å². The van der Waals surface area contributed by atoms with E-state index in [1.807, 2.05) is 39.0 Å². The molecule has 0 radical (unpaired) electrons. The van der Waals surface area contributed by atoms with Crippen molar-refractivity contribution in [2.24, 2.45) is 15.0 Å². The summed E-state index contributed by atoms with van der Waals surface area (Å²) >= 11 is 0. The largest absolute Gasteiger partial charge is 0.412 e. The van der Waals surface area contributed by atoms with Crippen molar-refractivity contribution in [2.75, 3.05) is 13.2 Å². The first kappa shape index (κ1) is 47.9. The van der Waals surface area contributed by atoms with Crippen molar-refractivity contribution in [3.63, 3.8) is 0 Å². The molecule has 3 N–H and O–H groups in total. The van der Waals surface area contributed by atoms with E-state index in [2.05, 4.69) is 68.7 Å². The Morgan fingerprint density at radius 1 is 0.970 bits per heavy atom. The molecule has 0 fully saturated rings. The van der Waals surface area contributed by atoms with Gasteiger partial charge >= 0.3 is 0 Å². The second-order valence-electron chi connectivity index (χ2n) is 5.61. The zero-order valence-electron chi connectivity index (χ0n) is 22.1. The van der Waals surface area contributed by atoms with Gasteiger partial charge in [0.25, 0.3) is 0 Å². The smallest absolute Gasteiger partial charge is 0.119 e. The van der Waals surface area contributed by atoms with Crippen LogP contribution in [0.3, 0.4) is 0 Å². The molecule has 0 rings (SSSR count). The van der Waals surface area contributed by atoms with Crippen LogP contribution in [0.5, 0.6) is 0 Å². The molecule has 0 aliphatic carbocycles. The number of aliphatic hydroxyl groups excluding tert-OH is 1. The molecule has 194 valence electrons. The van der Waals surface area contributed by atoms with Crippen molar-refractivity contribution in [2.45, 2.75) is 72.8 Å². The van der Waals surface area contributed by atoms with E-state index in [1.165, 1.54) is 0 Å². The summed E-state index contributed by atoms with van der Waals surface area (Å²) in [7, 11) is 0. The Morgan fingerprint density at radius 2 is 1.52 bits per heavy atom. The van der Waals surface area contributed by atoms with Crippen LogP contribution in [0.1, 0.15) is 66.7 Å². The number of rotatable bonds is 11. The van der Waals surface area contributed by atoms with E-state index in [4.69, 9.17) is 5.11 Å². The minimum Gasteiger partial charge on any atom is -0.412 e. The third-order valence-electron chi connectivity index (χ3n) is 2.63. The van der Waals surface area contributed by atoms with Crippen molar-refractivity contribution in [3.05, 3.63) is 62.4 Å². The van der Waals surface area contributed by atoms with Crippen molar-refractivity contribution in [3.8, 4) is 0 Å². The predicted octanol–water partition coefficient (Wildman–Crippen LogP) is 6.43. The Balaban J connectivity index is -0.0000000491. The van der Waals surface area contributed by atoms with Crippen LogP contribution in [0.25, 0.3) is 0 Å². The number of carbonyl (C=O) groups excluding carboxylic acids is 1. The Morgan fingerprint density at radius 3 is 1.58 bits per heavy atom. The fourth-order valence-electron chi connectivity index (χ4n) is 0.710. The van der Waals surface area contributed by atoms with Crippen molar-refractivity contribution in [1.29, 1.82) is 0 Å². The van der Waals surface area contributed by atoms with Gasteiger partial charge in [-0.2, -0.15) is 0 Å². The SMILES string of the molecule is C=CC(C)N=C.C=CC=C.C=N/C=C/CC.C=NC/C=C/C.CCCC=O.CCCCO.O. The maximum atomic E-state index is 9.40. The number of allylic oxidation sites excluding steroid dienone is 4. The average molecular weight is 468 g/mol. The normalized spacial score (nSPS) is 8.79. The van der Waals surface area contributed by atoms with Crippen LogP contribution in [0.15, 0.2) is 77.4 Å². The highest BCUT2D eigenvalue weighted by Gasteiger charge is 1.79. The molecular weight excluding hydrogens is 414 g/mol. The molecule has 0 amide bonds. The van der Waals surface area contributed by atoms with Gasteiger partial charge in [-0.05, 0) is 53.3 Å². The zero-order valence-corrected chi connectivity index (χ0v) is 22.1. The molecule has 0 spiro atoms. The second kappa shape index (κ2) is 70.1. The van der Waals surface area contributed by atoms with Crippen LogP contribution in [-0.2, 0) is 4.79 Å². The lowest BCUT2D eigenvalue weighted by Gasteiger charge is -1.88. The number of unbranched alkanes of at least 4 members (excludes halogenated alkanes) is 2. The van der Waals surface area contributed by atoms with Crippen molar-refractivity contribution >= 4 is 26.4 Å². The summed E-state index contributed by atoms with van der Waals surface area (Å²) in [4.78, 5) is 20.1. The average Bonchev–Trinajstić information content (AvgIpc) is 2.83. The summed E-state index contributed by atoms with van der Waals surface area (Å²) in [5.74, 6) is 0. The monoisotopic (exact) mass is 467 g/mol. The molecule has 0 saturated carbocycles. The van der Waals surface area contributed by atoms with Crippen LogP contribution >= 0.6 is 0 Å². The molecule has 1 atom stereocenters. The highest BCUT2D eigenvalue weighted by Crippen LogP contribution is 1.83. The lowest BCUT2D eigenvalue weighted by molar-refractivity contribution is -0.107. The number of aliphatic imine (C=N–C) groups is 3. The number of hydrogen-bond acceptors (Lipinski definition) is 5. The van der Waals surface area contributed by atoms with E-state index in [-0.39, 0.29) is 11.5 Å².